The van der Waals surface area contributed by atoms with E-state index < -0.39 is 11.9 Å². The van der Waals surface area contributed by atoms with Crippen molar-refractivity contribution in [2.75, 3.05) is 65.8 Å². The van der Waals surface area contributed by atoms with E-state index in [1.54, 1.807) is 4.90 Å². The highest BCUT2D eigenvalue weighted by Gasteiger charge is 2.33. The molecule has 2 amide bonds. The van der Waals surface area contributed by atoms with E-state index in [2.05, 4.69) is 10.6 Å². The van der Waals surface area contributed by atoms with Crippen molar-refractivity contribution in [2.45, 2.75) is 44.7 Å². The molecule has 3 N–H and O–H groups in total. The molecule has 0 saturated carbocycles. The van der Waals surface area contributed by atoms with Crippen LogP contribution in [0.3, 0.4) is 0 Å². The Morgan fingerprint density at radius 1 is 1.19 bits per heavy atom. The van der Waals surface area contributed by atoms with Crippen LogP contribution in [-0.2, 0) is 30.2 Å². The van der Waals surface area contributed by atoms with Gasteiger partial charge in [-0.1, -0.05) is 12.1 Å². The summed E-state index contributed by atoms with van der Waals surface area (Å²) in [5.41, 5.74) is 0.988. The van der Waals surface area contributed by atoms with Crippen molar-refractivity contribution in [3.63, 3.8) is 0 Å². The van der Waals surface area contributed by atoms with Crippen LogP contribution in [0.25, 0.3) is 0 Å². The van der Waals surface area contributed by atoms with Crippen LogP contribution >= 0.6 is 0 Å². The van der Waals surface area contributed by atoms with Crippen LogP contribution in [0.2, 0.25) is 0 Å². The van der Waals surface area contributed by atoms with Gasteiger partial charge in [-0.2, -0.15) is 0 Å². The highest BCUT2D eigenvalue weighted by Crippen LogP contribution is 2.22. The lowest BCUT2D eigenvalue weighted by Crippen LogP contribution is -2.47. The van der Waals surface area contributed by atoms with E-state index >= 15 is 0 Å². The molecule has 1 unspecified atom stereocenters. The molecule has 1 aromatic rings. The van der Waals surface area contributed by atoms with Gasteiger partial charge in [0.05, 0.1) is 19.8 Å². The summed E-state index contributed by atoms with van der Waals surface area (Å²) in [6.07, 6.45) is -0.0863. The normalized spacial score (nSPS) is 20.1. The number of aliphatic hydroxyl groups excluding tert-OH is 1. The molecule has 2 aliphatic heterocycles. The van der Waals surface area contributed by atoms with E-state index in [9.17, 15) is 14.7 Å². The van der Waals surface area contributed by atoms with Crippen LogP contribution in [0, 0.1) is 0 Å². The number of hydrogen-bond donors (Lipinski definition) is 3. The van der Waals surface area contributed by atoms with Crippen molar-refractivity contribution in [1.29, 1.82) is 0 Å². The first-order valence-electron chi connectivity index (χ1n) is 12.5. The molecule has 0 radical (unpaired) electrons. The third-order valence-corrected chi connectivity index (χ3v) is 5.74. The lowest BCUT2D eigenvalue weighted by molar-refractivity contribution is -0.158. The Morgan fingerprint density at radius 2 is 1.94 bits per heavy atom. The van der Waals surface area contributed by atoms with Crippen molar-refractivity contribution in [3.8, 4) is 5.75 Å². The van der Waals surface area contributed by atoms with Gasteiger partial charge in [-0.05, 0) is 38.0 Å². The van der Waals surface area contributed by atoms with Gasteiger partial charge in [0.1, 0.15) is 31.2 Å². The molecule has 11 nitrogen and oxygen atoms in total. The lowest BCUT2D eigenvalue weighted by Gasteiger charge is -2.27. The van der Waals surface area contributed by atoms with Crippen LogP contribution < -0.4 is 15.4 Å². The highest BCUT2D eigenvalue weighted by molar-refractivity contribution is 5.74. The number of rotatable bonds is 13. The van der Waals surface area contributed by atoms with Gasteiger partial charge in [-0.25, -0.2) is 4.79 Å². The van der Waals surface area contributed by atoms with Crippen LogP contribution in [0.15, 0.2) is 24.3 Å². The molecule has 2 saturated heterocycles. The molecule has 3 rings (SSSR count). The van der Waals surface area contributed by atoms with Gasteiger partial charge >= 0.3 is 12.0 Å². The molecule has 36 heavy (non-hydrogen) atoms. The Labute approximate surface area is 212 Å². The fourth-order valence-corrected chi connectivity index (χ4v) is 3.76. The Morgan fingerprint density at radius 3 is 2.64 bits per heavy atom. The van der Waals surface area contributed by atoms with Gasteiger partial charge in [-0.15, -0.1) is 0 Å². The van der Waals surface area contributed by atoms with Gasteiger partial charge < -0.3 is 44.3 Å². The Balaban J connectivity index is 1.21. The predicted octanol–water partition coefficient (Wildman–Crippen LogP) is 0.685. The summed E-state index contributed by atoms with van der Waals surface area (Å²) in [7, 11) is 0. The van der Waals surface area contributed by atoms with Gasteiger partial charge in [0.15, 0.2) is 5.79 Å². The van der Waals surface area contributed by atoms with E-state index in [0.29, 0.717) is 64.7 Å². The average Bonchev–Trinajstić information content (AvgIpc) is 3.24. The summed E-state index contributed by atoms with van der Waals surface area (Å²) in [5.74, 6) is -0.269. The minimum atomic E-state index is -0.686. The number of carbonyl (C=O) groups is 2. The zero-order valence-electron chi connectivity index (χ0n) is 21.2. The minimum absolute atomic E-state index is 0.0952. The summed E-state index contributed by atoms with van der Waals surface area (Å²) in [4.78, 5) is 25.7. The van der Waals surface area contributed by atoms with Gasteiger partial charge in [0.25, 0.3) is 0 Å². The number of aliphatic hydroxyl groups is 1. The maximum absolute atomic E-state index is 12.0. The third kappa shape index (κ3) is 10.3. The standard InChI is InChI=1S/C25H39N3O8/c1-25(2)35-18-22(36-25)17-34-23(30)8-5-19-3-6-21(7-4-19)33-16-20(29)15-26-9-10-27-24(31)28-11-13-32-14-12-28/h3-4,6-7,20,22,26,29H,5,8-18H2,1-2H3,(H,27,31)/t20-,22?/m0/s1. The van der Waals surface area contributed by atoms with Crippen molar-refractivity contribution in [3.05, 3.63) is 29.8 Å². The second-order valence-electron chi connectivity index (χ2n) is 9.28. The fourth-order valence-electron chi connectivity index (χ4n) is 3.76. The second-order valence-corrected chi connectivity index (χ2v) is 9.28. The predicted molar refractivity (Wildman–Crippen MR) is 131 cm³/mol. The number of aryl methyl sites for hydroxylation is 1. The van der Waals surface area contributed by atoms with Gasteiger partial charge in [0, 0.05) is 39.1 Å². The first-order valence-corrected chi connectivity index (χ1v) is 12.5. The topological polar surface area (TPSA) is 128 Å². The number of hydrogen-bond acceptors (Lipinski definition) is 9. The average molecular weight is 510 g/mol. The molecule has 2 heterocycles. The maximum Gasteiger partial charge on any atom is 0.317 e. The molecule has 11 heteroatoms. The molecule has 0 aromatic heterocycles. The van der Waals surface area contributed by atoms with E-state index in [4.69, 9.17) is 23.7 Å². The number of ether oxygens (including phenoxy) is 5. The third-order valence-electron chi connectivity index (χ3n) is 5.74. The monoisotopic (exact) mass is 509 g/mol. The quantitative estimate of drug-likeness (QED) is 0.260. The molecule has 2 atom stereocenters. The minimum Gasteiger partial charge on any atom is -0.491 e. The molecule has 2 aliphatic rings. The van der Waals surface area contributed by atoms with Gasteiger partial charge in [0.2, 0.25) is 0 Å². The summed E-state index contributed by atoms with van der Waals surface area (Å²) in [6, 6.07) is 7.31. The molecule has 0 spiro atoms. The number of urea groups is 1. The van der Waals surface area contributed by atoms with Crippen molar-refractivity contribution < 1.29 is 38.4 Å². The van der Waals surface area contributed by atoms with E-state index in [-0.39, 0.29) is 37.7 Å². The Bertz CT molecular complexity index is 814. The molecular formula is C25H39N3O8. The Kier molecular flexibility index (Phi) is 11.2. The summed E-state index contributed by atoms with van der Waals surface area (Å²) < 4.78 is 27.2. The number of esters is 1. The highest BCUT2D eigenvalue weighted by atomic mass is 16.7. The molecule has 2 fully saturated rings. The largest absolute Gasteiger partial charge is 0.491 e. The van der Waals surface area contributed by atoms with E-state index in [1.807, 2.05) is 38.1 Å². The van der Waals surface area contributed by atoms with Crippen LogP contribution in [0.4, 0.5) is 4.79 Å². The number of benzene rings is 1. The van der Waals surface area contributed by atoms with Gasteiger partial charge in [-0.3, -0.25) is 4.79 Å². The SMILES string of the molecule is CC1(C)OCC(COC(=O)CCc2ccc(OC[C@@H](O)CNCCNC(=O)N3CCOCC3)cc2)O1. The summed E-state index contributed by atoms with van der Waals surface area (Å²) >= 11 is 0. The molecular weight excluding hydrogens is 470 g/mol. The first-order chi connectivity index (χ1) is 17.3. The fraction of sp³-hybridized carbons (Fsp3) is 0.680. The second kappa shape index (κ2) is 14.3. The van der Waals surface area contributed by atoms with Crippen LogP contribution in [0.5, 0.6) is 5.75 Å². The molecule has 0 aliphatic carbocycles. The van der Waals surface area contributed by atoms with Crippen molar-refractivity contribution >= 4 is 12.0 Å². The summed E-state index contributed by atoms with van der Waals surface area (Å²) in [6.45, 7) is 8.13. The number of amides is 2. The number of nitrogens with one attached hydrogen (secondary N) is 2. The smallest absolute Gasteiger partial charge is 0.317 e. The lowest BCUT2D eigenvalue weighted by atomic mass is 10.1. The zero-order chi connectivity index (χ0) is 25.8. The molecule has 202 valence electrons. The molecule has 0 bridgehead atoms. The number of morpholine rings is 1. The molecule has 1 aromatic carbocycles. The zero-order valence-corrected chi connectivity index (χ0v) is 21.2. The number of carbonyl (C=O) groups excluding carboxylic acids is 2. The first kappa shape index (κ1) is 28.1. The summed E-state index contributed by atoms with van der Waals surface area (Å²) in [5, 5.41) is 16.1. The number of nitrogens with zero attached hydrogens (tertiary/aromatic N) is 1. The van der Waals surface area contributed by atoms with Crippen LogP contribution in [-0.4, -0.2) is 106 Å². The Hall–Kier alpha value is -2.44. The van der Waals surface area contributed by atoms with Crippen molar-refractivity contribution in [1.82, 2.24) is 15.5 Å². The van der Waals surface area contributed by atoms with Crippen molar-refractivity contribution in [2.24, 2.45) is 0 Å². The van der Waals surface area contributed by atoms with Crippen LogP contribution in [0.1, 0.15) is 25.8 Å². The maximum atomic E-state index is 12.0. The van der Waals surface area contributed by atoms with E-state index in [1.165, 1.54) is 0 Å². The van der Waals surface area contributed by atoms with E-state index in [0.717, 1.165) is 5.56 Å².